The van der Waals surface area contributed by atoms with Crippen LogP contribution in [0.4, 0.5) is 13.2 Å². The molecule has 0 saturated carbocycles. The number of aromatic nitrogens is 1. The third-order valence-corrected chi connectivity index (χ3v) is 3.24. The van der Waals surface area contributed by atoms with Crippen molar-refractivity contribution in [1.29, 1.82) is 0 Å². The van der Waals surface area contributed by atoms with E-state index in [-0.39, 0.29) is 30.0 Å². The minimum Gasteiger partial charge on any atom is -0.406 e. The molecule has 2 rings (SSSR count). The van der Waals surface area contributed by atoms with Gasteiger partial charge in [-0.15, -0.1) is 13.2 Å². The molecule has 0 fully saturated rings. The summed E-state index contributed by atoms with van der Waals surface area (Å²) in [6.07, 6.45) is -3.55. The van der Waals surface area contributed by atoms with Crippen molar-refractivity contribution >= 4 is 16.8 Å². The number of halogens is 3. The van der Waals surface area contributed by atoms with E-state index in [4.69, 9.17) is 5.11 Å². The number of aromatic amines is 1. The van der Waals surface area contributed by atoms with Gasteiger partial charge in [-0.1, -0.05) is 0 Å². The van der Waals surface area contributed by atoms with Gasteiger partial charge in [-0.25, -0.2) is 0 Å². The summed E-state index contributed by atoms with van der Waals surface area (Å²) in [6.45, 7) is 1.86. The molecule has 1 unspecified atom stereocenters. The zero-order valence-electron chi connectivity index (χ0n) is 12.4. The zero-order chi connectivity index (χ0) is 17.0. The van der Waals surface area contributed by atoms with E-state index in [1.54, 1.807) is 6.07 Å². The number of hydrogen-bond donors (Lipinski definition) is 3. The molecular weight excluding hydrogens is 313 g/mol. The molecule has 23 heavy (non-hydrogen) atoms. The Hall–Kier alpha value is -2.22. The molecule has 5 nitrogen and oxygen atoms in total. The Morgan fingerprint density at radius 2 is 2.13 bits per heavy atom. The van der Waals surface area contributed by atoms with Crippen LogP contribution in [-0.4, -0.2) is 35.0 Å². The Morgan fingerprint density at radius 3 is 2.78 bits per heavy atom. The van der Waals surface area contributed by atoms with Crippen molar-refractivity contribution in [2.75, 3.05) is 6.61 Å². The van der Waals surface area contributed by atoms with Gasteiger partial charge in [0.1, 0.15) is 11.4 Å². The van der Waals surface area contributed by atoms with Crippen LogP contribution in [0.25, 0.3) is 10.9 Å². The second-order valence-electron chi connectivity index (χ2n) is 5.22. The number of carbonyl (C=O) groups is 1. The van der Waals surface area contributed by atoms with Gasteiger partial charge in [0.15, 0.2) is 0 Å². The molecule has 0 aliphatic rings. The Morgan fingerprint density at radius 1 is 1.39 bits per heavy atom. The van der Waals surface area contributed by atoms with E-state index in [0.717, 1.165) is 0 Å². The summed E-state index contributed by atoms with van der Waals surface area (Å²) in [5.41, 5.74) is 0.625. The number of fused-ring (bicyclic) bond motifs is 1. The molecule has 0 saturated heterocycles. The first-order valence-electron chi connectivity index (χ1n) is 7.09. The second kappa shape index (κ2) is 6.91. The fourth-order valence-electron chi connectivity index (χ4n) is 2.20. The van der Waals surface area contributed by atoms with Gasteiger partial charge in [0.25, 0.3) is 5.91 Å². The molecule has 1 amide bonds. The molecule has 0 spiro atoms. The monoisotopic (exact) mass is 330 g/mol. The van der Waals surface area contributed by atoms with Gasteiger partial charge in [-0.2, -0.15) is 0 Å². The van der Waals surface area contributed by atoms with Crippen LogP contribution in [0.1, 0.15) is 30.3 Å². The number of amides is 1. The molecule has 0 aliphatic heterocycles. The lowest BCUT2D eigenvalue weighted by Crippen LogP contribution is -2.32. The summed E-state index contributed by atoms with van der Waals surface area (Å²) in [7, 11) is 0. The molecule has 1 atom stereocenters. The summed E-state index contributed by atoms with van der Waals surface area (Å²) >= 11 is 0. The minimum atomic E-state index is -4.76. The lowest BCUT2D eigenvalue weighted by Gasteiger charge is -2.12. The van der Waals surface area contributed by atoms with Gasteiger partial charge in [-0.05, 0) is 38.0 Å². The van der Waals surface area contributed by atoms with E-state index in [0.29, 0.717) is 23.7 Å². The fourth-order valence-corrected chi connectivity index (χ4v) is 2.20. The van der Waals surface area contributed by atoms with Gasteiger partial charge in [0.2, 0.25) is 0 Å². The Kier molecular flexibility index (Phi) is 5.15. The molecule has 1 aromatic heterocycles. The first-order chi connectivity index (χ1) is 10.8. The van der Waals surface area contributed by atoms with Crippen molar-refractivity contribution < 1.29 is 27.8 Å². The fraction of sp³-hybridized carbons (Fsp3) is 0.400. The van der Waals surface area contributed by atoms with E-state index in [1.807, 2.05) is 6.92 Å². The zero-order valence-corrected chi connectivity index (χ0v) is 12.4. The normalized spacial score (nSPS) is 13.1. The number of aliphatic hydroxyl groups excluding tert-OH is 1. The standard InChI is InChI=1S/C15H17F3N2O3/c1-9(3-2-6-21)19-14(22)13-7-10-4-5-11(8-12(10)20-13)23-15(16,17)18/h4-5,7-9,20-21H,2-3,6H2,1H3,(H,19,22). The number of nitrogens with one attached hydrogen (secondary N) is 2. The van der Waals surface area contributed by atoms with Crippen molar-refractivity contribution in [1.82, 2.24) is 10.3 Å². The number of aliphatic hydroxyl groups is 1. The molecule has 1 heterocycles. The van der Waals surface area contributed by atoms with Crippen LogP contribution in [-0.2, 0) is 0 Å². The first kappa shape index (κ1) is 17.1. The van der Waals surface area contributed by atoms with E-state index >= 15 is 0 Å². The molecule has 8 heteroatoms. The van der Waals surface area contributed by atoms with Crippen LogP contribution in [0.3, 0.4) is 0 Å². The van der Waals surface area contributed by atoms with E-state index in [2.05, 4.69) is 15.0 Å². The van der Waals surface area contributed by atoms with Gasteiger partial charge >= 0.3 is 6.36 Å². The number of H-pyrrole nitrogens is 1. The summed E-state index contributed by atoms with van der Waals surface area (Å²) in [4.78, 5) is 14.9. The van der Waals surface area contributed by atoms with Gasteiger partial charge in [0, 0.05) is 29.6 Å². The Labute approximate surface area is 130 Å². The predicted molar refractivity (Wildman–Crippen MR) is 78.2 cm³/mol. The highest BCUT2D eigenvalue weighted by Gasteiger charge is 2.31. The summed E-state index contributed by atoms with van der Waals surface area (Å²) in [5, 5.41) is 12.1. The Balaban J connectivity index is 2.12. The van der Waals surface area contributed by atoms with Crippen LogP contribution in [0.15, 0.2) is 24.3 Å². The molecule has 1 aromatic carbocycles. The number of benzene rings is 1. The highest BCUT2D eigenvalue weighted by molar-refractivity contribution is 5.98. The average Bonchev–Trinajstić information content (AvgIpc) is 2.86. The van der Waals surface area contributed by atoms with Crippen LogP contribution in [0, 0.1) is 0 Å². The third kappa shape index (κ3) is 4.88. The quantitative estimate of drug-likeness (QED) is 0.762. The smallest absolute Gasteiger partial charge is 0.406 e. The minimum absolute atomic E-state index is 0.0502. The van der Waals surface area contributed by atoms with E-state index < -0.39 is 6.36 Å². The summed E-state index contributed by atoms with van der Waals surface area (Å²) in [5.74, 6) is -0.708. The summed E-state index contributed by atoms with van der Waals surface area (Å²) < 4.78 is 40.5. The maximum absolute atomic E-state index is 12.2. The molecule has 0 bridgehead atoms. The molecular formula is C15H17F3N2O3. The number of ether oxygens (including phenoxy) is 1. The SMILES string of the molecule is CC(CCCO)NC(=O)c1cc2ccc(OC(F)(F)F)cc2[nH]1. The maximum Gasteiger partial charge on any atom is 0.573 e. The Bertz CT molecular complexity index is 682. The van der Waals surface area contributed by atoms with Crippen molar-refractivity contribution in [2.24, 2.45) is 0 Å². The van der Waals surface area contributed by atoms with Gasteiger partial charge in [0.05, 0.1) is 0 Å². The van der Waals surface area contributed by atoms with Gasteiger partial charge < -0.3 is 20.1 Å². The van der Waals surface area contributed by atoms with Crippen molar-refractivity contribution in [3.05, 3.63) is 30.0 Å². The highest BCUT2D eigenvalue weighted by atomic mass is 19.4. The summed E-state index contributed by atoms with van der Waals surface area (Å²) in [6, 6.07) is 5.26. The van der Waals surface area contributed by atoms with Crippen LogP contribution < -0.4 is 10.1 Å². The highest BCUT2D eigenvalue weighted by Crippen LogP contribution is 2.26. The number of rotatable bonds is 6. The first-order valence-corrected chi connectivity index (χ1v) is 7.09. The second-order valence-corrected chi connectivity index (χ2v) is 5.22. The van der Waals surface area contributed by atoms with Crippen LogP contribution in [0.5, 0.6) is 5.75 Å². The van der Waals surface area contributed by atoms with Crippen molar-refractivity contribution in [3.63, 3.8) is 0 Å². The van der Waals surface area contributed by atoms with E-state index in [1.165, 1.54) is 18.2 Å². The topological polar surface area (TPSA) is 74.3 Å². The van der Waals surface area contributed by atoms with Crippen molar-refractivity contribution in [3.8, 4) is 5.75 Å². The van der Waals surface area contributed by atoms with E-state index in [9.17, 15) is 18.0 Å². The molecule has 2 aromatic rings. The molecule has 126 valence electrons. The predicted octanol–water partition coefficient (Wildman–Crippen LogP) is 2.96. The maximum atomic E-state index is 12.2. The molecule has 0 radical (unpaired) electrons. The number of carbonyl (C=O) groups excluding carboxylic acids is 1. The van der Waals surface area contributed by atoms with Crippen molar-refractivity contribution in [2.45, 2.75) is 32.2 Å². The third-order valence-electron chi connectivity index (χ3n) is 3.24. The lowest BCUT2D eigenvalue weighted by molar-refractivity contribution is -0.274. The number of hydrogen-bond acceptors (Lipinski definition) is 3. The molecule has 0 aliphatic carbocycles. The van der Waals surface area contributed by atoms with Gasteiger partial charge in [-0.3, -0.25) is 4.79 Å². The van der Waals surface area contributed by atoms with Crippen LogP contribution in [0.2, 0.25) is 0 Å². The molecule has 3 N–H and O–H groups in total. The largest absolute Gasteiger partial charge is 0.573 e. The lowest BCUT2D eigenvalue weighted by atomic mass is 10.2. The average molecular weight is 330 g/mol. The van der Waals surface area contributed by atoms with Crippen LogP contribution >= 0.6 is 0 Å². The number of alkyl halides is 3.